The van der Waals surface area contributed by atoms with Crippen molar-refractivity contribution in [2.45, 2.75) is 6.92 Å². The van der Waals surface area contributed by atoms with Gasteiger partial charge in [0.1, 0.15) is 10.6 Å². The molecule has 0 saturated carbocycles. The second kappa shape index (κ2) is 9.48. The first-order chi connectivity index (χ1) is 13.6. The largest absolute Gasteiger partial charge is 0.462 e. The summed E-state index contributed by atoms with van der Waals surface area (Å²) in [4.78, 5) is 24.9. The number of ether oxygens (including phenoxy) is 1. The van der Waals surface area contributed by atoms with E-state index in [1.807, 2.05) is 60.0 Å². The molecule has 0 fully saturated rings. The van der Waals surface area contributed by atoms with Crippen molar-refractivity contribution in [1.29, 1.82) is 0 Å². The molecule has 0 aliphatic heterocycles. The van der Waals surface area contributed by atoms with Crippen LogP contribution in [0.3, 0.4) is 0 Å². The summed E-state index contributed by atoms with van der Waals surface area (Å²) >= 11 is 4.68. The third kappa shape index (κ3) is 4.97. The Hall–Kier alpha value is -2.70. The fourth-order valence-electron chi connectivity index (χ4n) is 2.59. The van der Waals surface area contributed by atoms with Gasteiger partial charge >= 0.3 is 5.97 Å². The molecule has 4 nitrogen and oxygen atoms in total. The number of benzene rings is 2. The molecule has 3 rings (SSSR count). The first-order valence-electron chi connectivity index (χ1n) is 8.67. The molecule has 2 aromatic carbocycles. The van der Waals surface area contributed by atoms with Crippen molar-refractivity contribution in [1.82, 2.24) is 0 Å². The van der Waals surface area contributed by atoms with Crippen molar-refractivity contribution < 1.29 is 14.3 Å². The average Bonchev–Trinajstić information content (AvgIpc) is 3.12. The molecule has 0 aliphatic carbocycles. The standard InChI is InChI=1S/C22H18BrNO3S/c1-2-27-22(26)20-18(16-6-4-3-5-7-16)14-28-21(20)24-19(25)13-10-15-8-11-17(23)12-9-15/h3-14H,2H2,1H3,(H,24,25)/b13-10+. The minimum Gasteiger partial charge on any atom is -0.462 e. The normalized spacial score (nSPS) is 10.8. The molecule has 0 spiro atoms. The number of hydrogen-bond acceptors (Lipinski definition) is 4. The third-order valence-electron chi connectivity index (χ3n) is 3.89. The molecule has 3 aromatic rings. The zero-order valence-corrected chi connectivity index (χ0v) is 17.5. The van der Waals surface area contributed by atoms with Gasteiger partial charge in [-0.25, -0.2) is 4.79 Å². The summed E-state index contributed by atoms with van der Waals surface area (Å²) in [6, 6.07) is 17.2. The average molecular weight is 456 g/mol. The Bertz CT molecular complexity index is 994. The SMILES string of the molecule is CCOC(=O)c1c(-c2ccccc2)csc1NC(=O)/C=C/c1ccc(Br)cc1. The van der Waals surface area contributed by atoms with Crippen LogP contribution in [0.5, 0.6) is 0 Å². The Balaban J connectivity index is 1.84. The van der Waals surface area contributed by atoms with E-state index < -0.39 is 5.97 Å². The molecule has 0 unspecified atom stereocenters. The molecular weight excluding hydrogens is 438 g/mol. The van der Waals surface area contributed by atoms with E-state index in [-0.39, 0.29) is 12.5 Å². The number of carbonyl (C=O) groups is 2. The number of hydrogen-bond donors (Lipinski definition) is 1. The Morgan fingerprint density at radius 2 is 1.82 bits per heavy atom. The molecule has 1 amide bonds. The van der Waals surface area contributed by atoms with E-state index >= 15 is 0 Å². The van der Waals surface area contributed by atoms with Crippen molar-refractivity contribution in [3.8, 4) is 11.1 Å². The molecule has 0 bridgehead atoms. The lowest BCUT2D eigenvalue weighted by Gasteiger charge is -2.08. The summed E-state index contributed by atoms with van der Waals surface area (Å²) in [6.07, 6.45) is 3.16. The highest BCUT2D eigenvalue weighted by Crippen LogP contribution is 2.36. The Kier molecular flexibility index (Phi) is 6.79. The maximum absolute atomic E-state index is 12.5. The lowest BCUT2D eigenvalue weighted by Crippen LogP contribution is -2.12. The first-order valence-corrected chi connectivity index (χ1v) is 10.3. The lowest BCUT2D eigenvalue weighted by atomic mass is 10.0. The first kappa shape index (κ1) is 20.0. The van der Waals surface area contributed by atoms with E-state index in [0.717, 1.165) is 21.2 Å². The van der Waals surface area contributed by atoms with Crippen molar-refractivity contribution in [3.05, 3.63) is 81.7 Å². The predicted molar refractivity (Wildman–Crippen MR) is 118 cm³/mol. The van der Waals surface area contributed by atoms with E-state index in [0.29, 0.717) is 10.6 Å². The Labute approximate surface area is 176 Å². The molecule has 28 heavy (non-hydrogen) atoms. The van der Waals surface area contributed by atoms with Crippen LogP contribution < -0.4 is 5.32 Å². The van der Waals surface area contributed by atoms with Gasteiger partial charge in [0, 0.05) is 21.5 Å². The van der Waals surface area contributed by atoms with Gasteiger partial charge in [0.2, 0.25) is 5.91 Å². The van der Waals surface area contributed by atoms with Crippen molar-refractivity contribution in [2.75, 3.05) is 11.9 Å². The van der Waals surface area contributed by atoms with Gasteiger partial charge in [-0.2, -0.15) is 0 Å². The predicted octanol–water partition coefficient (Wildman–Crippen LogP) is 6.01. The van der Waals surface area contributed by atoms with E-state index in [1.54, 1.807) is 13.0 Å². The minimum absolute atomic E-state index is 0.264. The quantitative estimate of drug-likeness (QED) is 0.365. The maximum atomic E-state index is 12.5. The van der Waals surface area contributed by atoms with Crippen LogP contribution >= 0.6 is 27.3 Å². The molecule has 1 aromatic heterocycles. The van der Waals surface area contributed by atoms with Gasteiger partial charge in [-0.05, 0) is 36.3 Å². The van der Waals surface area contributed by atoms with Crippen LogP contribution in [-0.2, 0) is 9.53 Å². The van der Waals surface area contributed by atoms with Crippen LogP contribution in [-0.4, -0.2) is 18.5 Å². The third-order valence-corrected chi connectivity index (χ3v) is 5.31. The monoisotopic (exact) mass is 455 g/mol. The van der Waals surface area contributed by atoms with Crippen molar-refractivity contribution >= 4 is 50.2 Å². The maximum Gasteiger partial charge on any atom is 0.341 e. The molecule has 142 valence electrons. The van der Waals surface area contributed by atoms with E-state index in [1.165, 1.54) is 17.4 Å². The van der Waals surface area contributed by atoms with Crippen LogP contribution in [0.15, 0.2) is 70.5 Å². The number of esters is 1. The number of thiophene rings is 1. The Morgan fingerprint density at radius 3 is 2.50 bits per heavy atom. The molecule has 6 heteroatoms. The number of nitrogens with one attached hydrogen (secondary N) is 1. The number of rotatable bonds is 6. The van der Waals surface area contributed by atoms with Gasteiger partial charge in [-0.3, -0.25) is 4.79 Å². The zero-order chi connectivity index (χ0) is 19.9. The summed E-state index contributed by atoms with van der Waals surface area (Å²) in [5.41, 5.74) is 2.92. The topological polar surface area (TPSA) is 55.4 Å². The summed E-state index contributed by atoms with van der Waals surface area (Å²) in [5.74, 6) is -0.760. The van der Waals surface area contributed by atoms with Gasteiger partial charge in [0.25, 0.3) is 0 Å². The summed E-state index contributed by atoms with van der Waals surface area (Å²) < 4.78 is 6.18. The van der Waals surface area contributed by atoms with Crippen LogP contribution in [0.2, 0.25) is 0 Å². The Morgan fingerprint density at radius 1 is 1.11 bits per heavy atom. The van der Waals surface area contributed by atoms with E-state index in [9.17, 15) is 9.59 Å². The fourth-order valence-corrected chi connectivity index (χ4v) is 3.81. The molecular formula is C22H18BrNO3S. The second-order valence-electron chi connectivity index (χ2n) is 5.81. The molecule has 0 saturated heterocycles. The second-order valence-corrected chi connectivity index (χ2v) is 7.61. The van der Waals surface area contributed by atoms with Crippen molar-refractivity contribution in [3.63, 3.8) is 0 Å². The summed E-state index contributed by atoms with van der Waals surface area (Å²) in [5, 5.41) is 5.14. The minimum atomic E-state index is -0.449. The molecule has 0 radical (unpaired) electrons. The van der Waals surface area contributed by atoms with Gasteiger partial charge < -0.3 is 10.1 Å². The number of anilines is 1. The van der Waals surface area contributed by atoms with Gasteiger partial charge in [-0.1, -0.05) is 58.4 Å². The van der Waals surface area contributed by atoms with E-state index in [4.69, 9.17) is 4.74 Å². The lowest BCUT2D eigenvalue weighted by molar-refractivity contribution is -0.111. The van der Waals surface area contributed by atoms with Crippen molar-refractivity contribution in [2.24, 2.45) is 0 Å². The van der Waals surface area contributed by atoms with E-state index in [2.05, 4.69) is 21.2 Å². The molecule has 1 heterocycles. The number of amides is 1. The van der Waals surface area contributed by atoms with Gasteiger partial charge in [0.05, 0.1) is 6.61 Å². The van der Waals surface area contributed by atoms with Crippen LogP contribution in [0, 0.1) is 0 Å². The molecule has 0 aliphatic rings. The van der Waals surface area contributed by atoms with Gasteiger partial charge in [0.15, 0.2) is 0 Å². The molecule has 0 atom stereocenters. The van der Waals surface area contributed by atoms with Crippen LogP contribution in [0.25, 0.3) is 17.2 Å². The highest BCUT2D eigenvalue weighted by Gasteiger charge is 2.22. The highest BCUT2D eigenvalue weighted by molar-refractivity contribution is 9.10. The molecule has 1 N–H and O–H groups in total. The highest BCUT2D eigenvalue weighted by atomic mass is 79.9. The fraction of sp³-hybridized carbons (Fsp3) is 0.0909. The number of carbonyl (C=O) groups excluding carboxylic acids is 2. The summed E-state index contributed by atoms with van der Waals surface area (Å²) in [7, 11) is 0. The summed E-state index contributed by atoms with van der Waals surface area (Å²) in [6.45, 7) is 2.02. The van der Waals surface area contributed by atoms with Crippen LogP contribution in [0.4, 0.5) is 5.00 Å². The van der Waals surface area contributed by atoms with Crippen LogP contribution in [0.1, 0.15) is 22.8 Å². The smallest absolute Gasteiger partial charge is 0.341 e. The van der Waals surface area contributed by atoms with Gasteiger partial charge in [-0.15, -0.1) is 11.3 Å². The number of halogens is 1. The zero-order valence-electron chi connectivity index (χ0n) is 15.1.